The van der Waals surface area contributed by atoms with Gasteiger partial charge in [0.05, 0.1) is 20.1 Å². The second-order valence-corrected chi connectivity index (χ2v) is 8.92. The molecule has 0 bridgehead atoms. The minimum atomic E-state index is -0.0692. The van der Waals surface area contributed by atoms with Crippen molar-refractivity contribution in [2.45, 2.75) is 19.3 Å². The number of carbonyl (C=O) groups excluding carboxylic acids is 3. The quantitative estimate of drug-likeness (QED) is 0.610. The highest BCUT2D eigenvalue weighted by atomic mass is 16.5. The monoisotopic (exact) mass is 479 g/mol. The van der Waals surface area contributed by atoms with E-state index in [9.17, 15) is 14.4 Å². The van der Waals surface area contributed by atoms with Crippen LogP contribution < -0.4 is 9.47 Å². The van der Waals surface area contributed by atoms with Crippen LogP contribution in [0.15, 0.2) is 54.6 Å². The van der Waals surface area contributed by atoms with Crippen molar-refractivity contribution in [3.63, 3.8) is 0 Å². The summed E-state index contributed by atoms with van der Waals surface area (Å²) < 4.78 is 10.8. The van der Waals surface area contributed by atoms with Gasteiger partial charge in [0, 0.05) is 50.7 Å². The molecule has 2 aromatic rings. The molecule has 2 aliphatic rings. The Bertz CT molecular complexity index is 1010. The average Bonchev–Trinajstić information content (AvgIpc) is 2.93. The molecule has 2 saturated heterocycles. The van der Waals surface area contributed by atoms with Gasteiger partial charge in [0.1, 0.15) is 11.5 Å². The normalized spacial score (nSPS) is 16.7. The lowest BCUT2D eigenvalue weighted by atomic mass is 9.94. The van der Waals surface area contributed by atoms with Crippen molar-refractivity contribution in [2.24, 2.45) is 5.92 Å². The highest BCUT2D eigenvalue weighted by molar-refractivity contribution is 5.94. The van der Waals surface area contributed by atoms with Crippen LogP contribution in [0.5, 0.6) is 11.5 Å². The maximum absolute atomic E-state index is 13.1. The molecule has 2 aromatic carbocycles. The molecule has 186 valence electrons. The molecule has 8 heteroatoms. The van der Waals surface area contributed by atoms with Crippen LogP contribution >= 0.6 is 0 Å². The molecular formula is C27H33N3O5. The Hall–Kier alpha value is -3.55. The van der Waals surface area contributed by atoms with Crippen LogP contribution in [0.1, 0.15) is 29.6 Å². The zero-order chi connectivity index (χ0) is 24.6. The first-order chi connectivity index (χ1) is 17.0. The van der Waals surface area contributed by atoms with Crippen molar-refractivity contribution in [1.82, 2.24) is 14.7 Å². The summed E-state index contributed by atoms with van der Waals surface area (Å²) in [7, 11) is 1.58. The Morgan fingerprint density at radius 1 is 0.800 bits per heavy atom. The third kappa shape index (κ3) is 6.32. The lowest BCUT2D eigenvalue weighted by molar-refractivity contribution is -0.142. The molecule has 2 aliphatic heterocycles. The number of ether oxygens (including phenoxy) is 2. The van der Waals surface area contributed by atoms with Crippen LogP contribution in [-0.4, -0.2) is 85.4 Å². The molecule has 35 heavy (non-hydrogen) atoms. The van der Waals surface area contributed by atoms with Crippen LogP contribution in [0, 0.1) is 5.92 Å². The van der Waals surface area contributed by atoms with Gasteiger partial charge in [0.15, 0.2) is 0 Å². The molecule has 0 spiro atoms. The van der Waals surface area contributed by atoms with Crippen LogP contribution in [0.4, 0.5) is 0 Å². The molecule has 0 saturated carbocycles. The molecular weight excluding hydrogens is 446 g/mol. The molecule has 0 aliphatic carbocycles. The van der Waals surface area contributed by atoms with Gasteiger partial charge in [-0.05, 0) is 43.2 Å². The highest BCUT2D eigenvalue weighted by Crippen LogP contribution is 2.22. The number of para-hydroxylation sites is 1. The summed E-state index contributed by atoms with van der Waals surface area (Å²) in [5.41, 5.74) is 0.593. The van der Waals surface area contributed by atoms with Crippen LogP contribution in [0.25, 0.3) is 0 Å². The van der Waals surface area contributed by atoms with E-state index in [-0.39, 0.29) is 23.6 Å². The van der Waals surface area contributed by atoms with E-state index in [2.05, 4.69) is 0 Å². The Morgan fingerprint density at radius 3 is 2.14 bits per heavy atom. The fourth-order valence-corrected chi connectivity index (χ4v) is 4.63. The first-order valence-corrected chi connectivity index (χ1v) is 12.2. The summed E-state index contributed by atoms with van der Waals surface area (Å²) in [6, 6.07) is 16.6. The largest absolute Gasteiger partial charge is 0.497 e. The maximum Gasteiger partial charge on any atom is 0.254 e. The van der Waals surface area contributed by atoms with E-state index in [1.165, 1.54) is 0 Å². The van der Waals surface area contributed by atoms with Gasteiger partial charge in [-0.15, -0.1) is 0 Å². The minimum absolute atomic E-state index is 0.0425. The number of likely N-dealkylation sites (tertiary alicyclic amines) is 1. The van der Waals surface area contributed by atoms with Crippen molar-refractivity contribution in [1.29, 1.82) is 0 Å². The summed E-state index contributed by atoms with van der Waals surface area (Å²) >= 11 is 0. The topological polar surface area (TPSA) is 79.4 Å². The van der Waals surface area contributed by atoms with E-state index < -0.39 is 0 Å². The molecule has 0 unspecified atom stereocenters. The Balaban J connectivity index is 1.18. The van der Waals surface area contributed by atoms with E-state index in [4.69, 9.17) is 9.47 Å². The number of hydrogen-bond acceptors (Lipinski definition) is 5. The number of benzene rings is 2. The van der Waals surface area contributed by atoms with E-state index >= 15 is 0 Å². The van der Waals surface area contributed by atoms with Gasteiger partial charge in [-0.1, -0.05) is 24.3 Å². The predicted octanol–water partition coefficient (Wildman–Crippen LogP) is 2.69. The SMILES string of the molecule is COc1cccc(C(=O)N2CCN(C(=O)C3CCN(C(=O)CCOc4ccccc4)CC3)CC2)c1. The number of piperidine rings is 1. The number of amides is 3. The van der Waals surface area contributed by atoms with Crippen molar-refractivity contribution < 1.29 is 23.9 Å². The second kappa shape index (κ2) is 11.7. The first kappa shape index (κ1) is 24.6. The summed E-state index contributed by atoms with van der Waals surface area (Å²) in [6.45, 7) is 3.63. The molecule has 2 heterocycles. The number of methoxy groups -OCH3 is 1. The third-order valence-corrected chi connectivity index (χ3v) is 6.72. The van der Waals surface area contributed by atoms with Gasteiger partial charge >= 0.3 is 0 Å². The van der Waals surface area contributed by atoms with Gasteiger partial charge in [0.25, 0.3) is 5.91 Å². The number of hydrogen-bond donors (Lipinski definition) is 0. The van der Waals surface area contributed by atoms with Gasteiger partial charge in [0.2, 0.25) is 11.8 Å². The number of nitrogens with zero attached hydrogens (tertiary/aromatic N) is 3. The number of carbonyl (C=O) groups is 3. The number of piperazine rings is 1. The molecule has 2 fully saturated rings. The Kier molecular flexibility index (Phi) is 8.23. The number of rotatable bonds is 7. The molecule has 0 N–H and O–H groups in total. The smallest absolute Gasteiger partial charge is 0.254 e. The molecule has 8 nitrogen and oxygen atoms in total. The summed E-state index contributed by atoms with van der Waals surface area (Å²) in [4.78, 5) is 43.9. The highest BCUT2D eigenvalue weighted by Gasteiger charge is 2.32. The fraction of sp³-hybridized carbons (Fsp3) is 0.444. The Labute approximate surface area is 206 Å². The molecule has 0 atom stereocenters. The van der Waals surface area contributed by atoms with Crippen molar-refractivity contribution >= 4 is 17.7 Å². The van der Waals surface area contributed by atoms with Gasteiger partial charge in [-0.25, -0.2) is 0 Å². The third-order valence-electron chi connectivity index (χ3n) is 6.72. The zero-order valence-electron chi connectivity index (χ0n) is 20.2. The van der Waals surface area contributed by atoms with Crippen molar-refractivity contribution in [3.05, 3.63) is 60.2 Å². The molecule has 0 radical (unpaired) electrons. The lowest BCUT2D eigenvalue weighted by Gasteiger charge is -2.38. The maximum atomic E-state index is 13.1. The van der Waals surface area contributed by atoms with E-state index in [1.54, 1.807) is 30.2 Å². The fourth-order valence-electron chi connectivity index (χ4n) is 4.63. The van der Waals surface area contributed by atoms with Crippen molar-refractivity contribution in [2.75, 3.05) is 53.0 Å². The van der Waals surface area contributed by atoms with Crippen LogP contribution in [0.2, 0.25) is 0 Å². The predicted molar refractivity (Wildman–Crippen MR) is 131 cm³/mol. The van der Waals surface area contributed by atoms with Gasteiger partial charge in [-0.2, -0.15) is 0 Å². The Morgan fingerprint density at radius 2 is 1.46 bits per heavy atom. The lowest BCUT2D eigenvalue weighted by Crippen LogP contribution is -2.53. The molecule has 3 amide bonds. The average molecular weight is 480 g/mol. The van der Waals surface area contributed by atoms with Crippen LogP contribution in [-0.2, 0) is 9.59 Å². The molecule has 0 aromatic heterocycles. The summed E-state index contributed by atoms with van der Waals surface area (Å²) in [6.07, 6.45) is 1.68. The van der Waals surface area contributed by atoms with Crippen molar-refractivity contribution in [3.8, 4) is 11.5 Å². The minimum Gasteiger partial charge on any atom is -0.497 e. The summed E-state index contributed by atoms with van der Waals surface area (Å²) in [5, 5.41) is 0. The summed E-state index contributed by atoms with van der Waals surface area (Å²) in [5.74, 6) is 1.50. The van der Waals surface area contributed by atoms with E-state index in [1.807, 2.05) is 46.2 Å². The van der Waals surface area contributed by atoms with Crippen LogP contribution in [0.3, 0.4) is 0 Å². The van der Waals surface area contributed by atoms with E-state index in [0.29, 0.717) is 76.5 Å². The second-order valence-electron chi connectivity index (χ2n) is 8.92. The first-order valence-electron chi connectivity index (χ1n) is 12.2. The molecule has 4 rings (SSSR count). The standard InChI is InChI=1S/C27H33N3O5/c1-34-24-9-5-6-22(20-24)27(33)30-17-15-29(16-18-30)26(32)21-10-13-28(14-11-21)25(31)12-19-35-23-7-3-2-4-8-23/h2-9,20-21H,10-19H2,1H3. The van der Waals surface area contributed by atoms with Gasteiger partial charge < -0.3 is 24.2 Å². The van der Waals surface area contributed by atoms with E-state index in [0.717, 1.165) is 5.75 Å². The van der Waals surface area contributed by atoms with Gasteiger partial charge in [-0.3, -0.25) is 14.4 Å². The zero-order valence-corrected chi connectivity index (χ0v) is 20.2.